The Hall–Kier alpha value is -2.73. The minimum absolute atomic E-state index is 0.0379. The zero-order valence-electron chi connectivity index (χ0n) is 19.8. The molecule has 0 radical (unpaired) electrons. The van der Waals surface area contributed by atoms with Crippen LogP contribution in [0.15, 0.2) is 91.0 Å². The van der Waals surface area contributed by atoms with Crippen molar-refractivity contribution >= 4 is 24.6 Å². The number of amides is 1. The maximum absolute atomic E-state index is 12.3. The fourth-order valence-corrected chi connectivity index (χ4v) is 9.49. The van der Waals surface area contributed by atoms with Crippen molar-refractivity contribution in [3.63, 3.8) is 0 Å². The van der Waals surface area contributed by atoms with Gasteiger partial charge in [0.25, 0.3) is 8.32 Å². The molecule has 172 valence electrons. The van der Waals surface area contributed by atoms with Crippen molar-refractivity contribution in [3.05, 3.63) is 96.6 Å². The Morgan fingerprint density at radius 2 is 1.39 bits per heavy atom. The maximum Gasteiger partial charge on any atom is 0.261 e. The number of nitrogens with one attached hydrogen (secondary N) is 2. The molecule has 0 saturated carbocycles. The van der Waals surface area contributed by atoms with Crippen molar-refractivity contribution in [2.45, 2.75) is 50.9 Å². The molecule has 3 aromatic rings. The summed E-state index contributed by atoms with van der Waals surface area (Å²) < 4.78 is 7.07. The highest BCUT2D eigenvalue weighted by atomic mass is 28.4. The van der Waals surface area contributed by atoms with Crippen molar-refractivity contribution in [2.24, 2.45) is 0 Å². The molecular weight excluding hydrogens is 424 g/mol. The van der Waals surface area contributed by atoms with E-state index in [2.05, 4.69) is 104 Å². The van der Waals surface area contributed by atoms with Crippen LogP contribution in [0.1, 0.15) is 32.8 Å². The van der Waals surface area contributed by atoms with Gasteiger partial charge in [-0.25, -0.2) is 0 Å². The molecule has 2 N–H and O–H groups in total. The van der Waals surface area contributed by atoms with Crippen LogP contribution in [-0.2, 0) is 15.8 Å². The highest BCUT2D eigenvalue weighted by molar-refractivity contribution is 6.99. The molecule has 33 heavy (non-hydrogen) atoms. The Bertz CT molecular complexity index is 996. The van der Waals surface area contributed by atoms with Gasteiger partial charge in [-0.15, -0.1) is 0 Å². The Balaban J connectivity index is 1.60. The largest absolute Gasteiger partial charge is 0.405 e. The van der Waals surface area contributed by atoms with Crippen molar-refractivity contribution in [1.29, 1.82) is 0 Å². The standard InChI is InChI=1S/C28H34N2O2Si/c1-28(2,3)33(23-15-9-5-10-16-23,24-17-11-6-12-18-24)32-21-26-25(19-27(31)30-26)29-20-22-13-7-4-8-14-22/h4-18,25-26,29H,19-21H2,1-3H3,(H,30,31)/t25-,26-/m0/s1. The van der Waals surface area contributed by atoms with Crippen LogP contribution in [0, 0.1) is 0 Å². The SMILES string of the molecule is CC(C)(C)[Si](OC[C@@H]1NC(=O)C[C@@H]1NCc1ccccc1)(c1ccccc1)c1ccccc1. The smallest absolute Gasteiger partial charge is 0.261 e. The lowest BCUT2D eigenvalue weighted by Gasteiger charge is -2.43. The lowest BCUT2D eigenvalue weighted by molar-refractivity contribution is -0.119. The van der Waals surface area contributed by atoms with Crippen molar-refractivity contribution < 1.29 is 9.22 Å². The van der Waals surface area contributed by atoms with Gasteiger partial charge in [0.2, 0.25) is 5.91 Å². The molecule has 1 aliphatic heterocycles. The number of carbonyl (C=O) groups excluding carboxylic acids is 1. The maximum atomic E-state index is 12.3. The fourth-order valence-electron chi connectivity index (χ4n) is 4.90. The number of hydrogen-bond donors (Lipinski definition) is 2. The van der Waals surface area contributed by atoms with E-state index >= 15 is 0 Å². The molecule has 4 rings (SSSR count). The summed E-state index contributed by atoms with van der Waals surface area (Å²) in [4.78, 5) is 12.3. The monoisotopic (exact) mass is 458 g/mol. The normalized spacial score (nSPS) is 18.8. The third kappa shape index (κ3) is 5.11. The highest BCUT2D eigenvalue weighted by Crippen LogP contribution is 2.37. The summed E-state index contributed by atoms with van der Waals surface area (Å²) in [5, 5.41) is 9.16. The van der Waals surface area contributed by atoms with Crippen LogP contribution >= 0.6 is 0 Å². The Morgan fingerprint density at radius 1 is 0.879 bits per heavy atom. The molecule has 5 heteroatoms. The van der Waals surface area contributed by atoms with Crippen LogP contribution < -0.4 is 21.0 Å². The summed E-state index contributed by atoms with van der Waals surface area (Å²) >= 11 is 0. The number of hydrogen-bond acceptors (Lipinski definition) is 3. The average molecular weight is 459 g/mol. The lowest BCUT2D eigenvalue weighted by atomic mass is 10.1. The molecule has 0 spiro atoms. The summed E-state index contributed by atoms with van der Waals surface area (Å²) in [5.74, 6) is 0.0802. The van der Waals surface area contributed by atoms with E-state index in [1.165, 1.54) is 15.9 Å². The molecule has 4 nitrogen and oxygen atoms in total. The predicted molar refractivity (Wildman–Crippen MR) is 137 cm³/mol. The van der Waals surface area contributed by atoms with Crippen molar-refractivity contribution in [1.82, 2.24) is 10.6 Å². The number of benzene rings is 3. The van der Waals surface area contributed by atoms with Crippen LogP contribution in [0.4, 0.5) is 0 Å². The first kappa shape index (κ1) is 23.4. The summed E-state index contributed by atoms with van der Waals surface area (Å²) in [6, 6.07) is 31.5. The van der Waals surface area contributed by atoms with Gasteiger partial charge in [-0.2, -0.15) is 0 Å². The Morgan fingerprint density at radius 3 is 1.91 bits per heavy atom. The summed E-state index contributed by atoms with van der Waals surface area (Å²) in [6.45, 7) is 8.04. The fraction of sp³-hybridized carbons (Fsp3) is 0.321. The molecule has 0 aliphatic carbocycles. The van der Waals surface area contributed by atoms with E-state index in [-0.39, 0.29) is 23.0 Å². The van der Waals surface area contributed by atoms with Gasteiger partial charge in [-0.3, -0.25) is 4.79 Å². The van der Waals surface area contributed by atoms with Crippen molar-refractivity contribution in [2.75, 3.05) is 6.61 Å². The van der Waals surface area contributed by atoms with E-state index in [0.29, 0.717) is 13.0 Å². The second kappa shape index (κ2) is 10.0. The van der Waals surface area contributed by atoms with Crippen LogP contribution in [0.2, 0.25) is 5.04 Å². The molecule has 1 heterocycles. The molecule has 1 saturated heterocycles. The molecule has 0 aromatic heterocycles. The third-order valence-electron chi connectivity index (χ3n) is 6.54. The quantitative estimate of drug-likeness (QED) is 0.507. The van der Waals surface area contributed by atoms with Gasteiger partial charge >= 0.3 is 0 Å². The van der Waals surface area contributed by atoms with E-state index in [0.717, 1.165) is 6.54 Å². The Labute approximate surface area is 198 Å². The van der Waals surface area contributed by atoms with Gasteiger partial charge in [0, 0.05) is 19.0 Å². The van der Waals surface area contributed by atoms with Gasteiger partial charge in [0.1, 0.15) is 0 Å². The van der Waals surface area contributed by atoms with Gasteiger partial charge in [0.15, 0.2) is 0 Å². The summed E-state index contributed by atoms with van der Waals surface area (Å²) in [6.07, 6.45) is 0.474. The highest BCUT2D eigenvalue weighted by Gasteiger charge is 2.51. The molecular formula is C28H34N2O2Si. The topological polar surface area (TPSA) is 50.4 Å². The van der Waals surface area contributed by atoms with Gasteiger partial charge in [-0.05, 0) is 21.0 Å². The predicted octanol–water partition coefficient (Wildman–Crippen LogP) is 3.61. The second-order valence-electron chi connectivity index (χ2n) is 9.83. The van der Waals surface area contributed by atoms with E-state index in [1.54, 1.807) is 0 Å². The van der Waals surface area contributed by atoms with E-state index < -0.39 is 8.32 Å². The molecule has 1 fully saturated rings. The zero-order valence-corrected chi connectivity index (χ0v) is 20.8. The molecule has 1 amide bonds. The van der Waals surface area contributed by atoms with Gasteiger partial charge < -0.3 is 15.1 Å². The minimum Gasteiger partial charge on any atom is -0.405 e. The van der Waals surface area contributed by atoms with Crippen molar-refractivity contribution in [3.8, 4) is 0 Å². The Kier molecular flexibility index (Phi) is 7.13. The number of rotatable bonds is 8. The first-order valence-electron chi connectivity index (χ1n) is 11.7. The molecule has 2 atom stereocenters. The van der Waals surface area contributed by atoms with E-state index in [9.17, 15) is 4.79 Å². The molecule has 3 aromatic carbocycles. The summed E-state index contributed by atoms with van der Waals surface area (Å²) in [7, 11) is -2.63. The van der Waals surface area contributed by atoms with Gasteiger partial charge in [-0.1, -0.05) is 112 Å². The lowest BCUT2D eigenvalue weighted by Crippen LogP contribution is -2.67. The molecule has 0 unspecified atom stereocenters. The first-order chi connectivity index (χ1) is 15.9. The number of carbonyl (C=O) groups is 1. The average Bonchev–Trinajstić information content (AvgIpc) is 3.18. The third-order valence-corrected chi connectivity index (χ3v) is 11.5. The van der Waals surface area contributed by atoms with E-state index in [1.807, 2.05) is 18.2 Å². The molecule has 0 bridgehead atoms. The van der Waals surface area contributed by atoms with Crippen LogP contribution in [0.3, 0.4) is 0 Å². The van der Waals surface area contributed by atoms with E-state index in [4.69, 9.17) is 4.43 Å². The van der Waals surface area contributed by atoms with Crippen LogP contribution in [-0.4, -0.2) is 32.9 Å². The van der Waals surface area contributed by atoms with Crippen LogP contribution in [0.25, 0.3) is 0 Å². The zero-order chi connectivity index (χ0) is 23.3. The molecule has 1 aliphatic rings. The van der Waals surface area contributed by atoms with Crippen LogP contribution in [0.5, 0.6) is 0 Å². The first-order valence-corrected chi connectivity index (χ1v) is 13.6. The second-order valence-corrected chi connectivity index (χ2v) is 14.1. The van der Waals surface area contributed by atoms with Gasteiger partial charge in [0.05, 0.1) is 12.6 Å². The minimum atomic E-state index is -2.63. The summed E-state index contributed by atoms with van der Waals surface area (Å²) in [5.41, 5.74) is 1.21.